The van der Waals surface area contributed by atoms with Crippen molar-refractivity contribution in [1.29, 1.82) is 0 Å². The average Bonchev–Trinajstić information content (AvgIpc) is 2.25. The van der Waals surface area contributed by atoms with E-state index in [1.54, 1.807) is 19.2 Å². The number of benzene rings is 1. The molecular weight excluding hydrogens is 220 g/mol. The highest BCUT2D eigenvalue weighted by molar-refractivity contribution is 6.39. The summed E-state index contributed by atoms with van der Waals surface area (Å²) in [5.41, 5.74) is 0.760. The van der Waals surface area contributed by atoms with Gasteiger partial charge in [-0.25, -0.2) is 4.79 Å². The van der Waals surface area contributed by atoms with E-state index in [0.29, 0.717) is 5.75 Å². The Bertz CT molecular complexity index is 455. The molecule has 1 aromatic carbocycles. The zero-order valence-corrected chi connectivity index (χ0v) is 10.4. The molecule has 0 amide bonds. The lowest BCUT2D eigenvalue weighted by atomic mass is 9.85. The van der Waals surface area contributed by atoms with Crippen LogP contribution in [0.5, 0.6) is 5.75 Å². The standard InChI is InChI=1S/C13H16O4/c1-13(2,3)9-7-8(11(14)12(15)16)5-6-10(9)17-4/h5-7H,1-4H3,(H,15,16). The van der Waals surface area contributed by atoms with Gasteiger partial charge in [0, 0.05) is 11.1 Å². The molecule has 1 aromatic rings. The molecule has 0 fully saturated rings. The molecule has 0 saturated heterocycles. The third kappa shape index (κ3) is 2.84. The first-order valence-electron chi connectivity index (χ1n) is 5.23. The predicted molar refractivity (Wildman–Crippen MR) is 63.7 cm³/mol. The molecule has 0 aliphatic rings. The zero-order valence-electron chi connectivity index (χ0n) is 10.4. The Hall–Kier alpha value is -1.84. The lowest BCUT2D eigenvalue weighted by molar-refractivity contribution is -0.131. The van der Waals surface area contributed by atoms with Crippen molar-refractivity contribution in [1.82, 2.24) is 0 Å². The highest BCUT2D eigenvalue weighted by Crippen LogP contribution is 2.32. The number of carbonyl (C=O) groups is 2. The fourth-order valence-electron chi connectivity index (χ4n) is 1.56. The van der Waals surface area contributed by atoms with E-state index in [4.69, 9.17) is 9.84 Å². The van der Waals surface area contributed by atoms with Crippen molar-refractivity contribution in [3.05, 3.63) is 29.3 Å². The molecule has 0 bridgehead atoms. The van der Waals surface area contributed by atoms with Crippen LogP contribution in [-0.2, 0) is 10.2 Å². The van der Waals surface area contributed by atoms with Crippen molar-refractivity contribution in [3.8, 4) is 5.75 Å². The molecule has 0 radical (unpaired) electrons. The molecule has 4 heteroatoms. The van der Waals surface area contributed by atoms with Crippen LogP contribution < -0.4 is 4.74 Å². The van der Waals surface area contributed by atoms with Gasteiger partial charge < -0.3 is 9.84 Å². The lowest BCUT2D eigenvalue weighted by Gasteiger charge is -2.22. The number of ether oxygens (including phenoxy) is 1. The number of methoxy groups -OCH3 is 1. The van der Waals surface area contributed by atoms with Gasteiger partial charge >= 0.3 is 5.97 Å². The summed E-state index contributed by atoms with van der Waals surface area (Å²) in [6.45, 7) is 5.92. The number of carboxylic acids is 1. The quantitative estimate of drug-likeness (QED) is 0.645. The second-order valence-electron chi connectivity index (χ2n) is 4.80. The number of Topliss-reactive ketones (excluding diaryl/α,β-unsaturated/α-hetero) is 1. The molecule has 17 heavy (non-hydrogen) atoms. The van der Waals surface area contributed by atoms with E-state index in [1.165, 1.54) is 6.07 Å². The van der Waals surface area contributed by atoms with Crippen molar-refractivity contribution in [3.63, 3.8) is 0 Å². The molecule has 0 aliphatic carbocycles. The van der Waals surface area contributed by atoms with E-state index in [0.717, 1.165) is 5.56 Å². The van der Waals surface area contributed by atoms with Crippen LogP contribution in [-0.4, -0.2) is 24.0 Å². The van der Waals surface area contributed by atoms with E-state index in [1.807, 2.05) is 20.8 Å². The molecule has 0 heterocycles. The van der Waals surface area contributed by atoms with Crippen LogP contribution in [0.1, 0.15) is 36.7 Å². The van der Waals surface area contributed by atoms with E-state index in [9.17, 15) is 9.59 Å². The van der Waals surface area contributed by atoms with Gasteiger partial charge in [0.25, 0.3) is 5.78 Å². The number of carboxylic acid groups (broad SMARTS) is 1. The highest BCUT2D eigenvalue weighted by Gasteiger charge is 2.22. The first-order chi connectivity index (χ1) is 7.77. The Morgan fingerprint density at radius 1 is 1.24 bits per heavy atom. The summed E-state index contributed by atoms with van der Waals surface area (Å²) >= 11 is 0. The van der Waals surface area contributed by atoms with E-state index in [-0.39, 0.29) is 11.0 Å². The molecule has 0 unspecified atom stereocenters. The zero-order chi connectivity index (χ0) is 13.2. The average molecular weight is 236 g/mol. The molecule has 0 spiro atoms. The summed E-state index contributed by atoms with van der Waals surface area (Å²) in [5.74, 6) is -1.70. The number of hydrogen-bond donors (Lipinski definition) is 1. The van der Waals surface area contributed by atoms with Crippen LogP contribution >= 0.6 is 0 Å². The third-order valence-corrected chi connectivity index (χ3v) is 2.46. The van der Waals surface area contributed by atoms with Gasteiger partial charge in [-0.1, -0.05) is 20.8 Å². The summed E-state index contributed by atoms with van der Waals surface area (Å²) in [4.78, 5) is 22.0. The van der Waals surface area contributed by atoms with Crippen molar-refractivity contribution in [2.24, 2.45) is 0 Å². The van der Waals surface area contributed by atoms with Crippen LogP contribution in [0, 0.1) is 0 Å². The van der Waals surface area contributed by atoms with Crippen LogP contribution in [0.15, 0.2) is 18.2 Å². The molecule has 1 N–H and O–H groups in total. The number of rotatable bonds is 3. The maximum atomic E-state index is 11.4. The second kappa shape index (κ2) is 4.57. The van der Waals surface area contributed by atoms with Gasteiger partial charge in [-0.3, -0.25) is 4.79 Å². The van der Waals surface area contributed by atoms with Crippen LogP contribution in [0.25, 0.3) is 0 Å². The van der Waals surface area contributed by atoms with Gasteiger partial charge in [-0.2, -0.15) is 0 Å². The monoisotopic (exact) mass is 236 g/mol. The summed E-state index contributed by atoms with van der Waals surface area (Å²) in [6.07, 6.45) is 0. The van der Waals surface area contributed by atoms with Crippen LogP contribution in [0.2, 0.25) is 0 Å². The molecule has 0 aliphatic heterocycles. The molecule has 0 saturated carbocycles. The normalized spacial score (nSPS) is 11.1. The Morgan fingerprint density at radius 2 is 1.82 bits per heavy atom. The van der Waals surface area contributed by atoms with Gasteiger partial charge in [0.15, 0.2) is 0 Å². The van der Waals surface area contributed by atoms with Gasteiger partial charge in [-0.05, 0) is 23.6 Å². The smallest absolute Gasteiger partial charge is 0.377 e. The summed E-state index contributed by atoms with van der Waals surface area (Å²) in [5, 5.41) is 8.67. The van der Waals surface area contributed by atoms with Gasteiger partial charge in [-0.15, -0.1) is 0 Å². The van der Waals surface area contributed by atoms with E-state index in [2.05, 4.69) is 0 Å². The predicted octanol–water partition coefficient (Wildman–Crippen LogP) is 2.26. The summed E-state index contributed by atoms with van der Waals surface area (Å²) in [7, 11) is 1.54. The van der Waals surface area contributed by atoms with Gasteiger partial charge in [0.05, 0.1) is 7.11 Å². The SMILES string of the molecule is COc1ccc(C(=O)C(=O)O)cc1C(C)(C)C. The Kier molecular flexibility index (Phi) is 3.56. The van der Waals surface area contributed by atoms with Crippen molar-refractivity contribution < 1.29 is 19.4 Å². The Balaban J connectivity index is 3.32. The molecular formula is C13H16O4. The fourth-order valence-corrected chi connectivity index (χ4v) is 1.56. The molecule has 4 nitrogen and oxygen atoms in total. The maximum absolute atomic E-state index is 11.4. The maximum Gasteiger partial charge on any atom is 0.377 e. The minimum atomic E-state index is -1.45. The molecule has 92 valence electrons. The van der Waals surface area contributed by atoms with E-state index >= 15 is 0 Å². The van der Waals surface area contributed by atoms with Gasteiger partial charge in [0.1, 0.15) is 5.75 Å². The topological polar surface area (TPSA) is 63.6 Å². The van der Waals surface area contributed by atoms with Crippen molar-refractivity contribution in [2.45, 2.75) is 26.2 Å². The lowest BCUT2D eigenvalue weighted by Crippen LogP contribution is -2.17. The molecule has 0 atom stereocenters. The van der Waals surface area contributed by atoms with Crippen LogP contribution in [0.3, 0.4) is 0 Å². The number of aliphatic carboxylic acids is 1. The first-order valence-corrected chi connectivity index (χ1v) is 5.23. The largest absolute Gasteiger partial charge is 0.496 e. The minimum Gasteiger partial charge on any atom is -0.496 e. The molecule has 1 rings (SSSR count). The number of carbonyl (C=O) groups excluding carboxylic acids is 1. The third-order valence-electron chi connectivity index (χ3n) is 2.46. The number of ketones is 1. The van der Waals surface area contributed by atoms with Gasteiger partial charge in [0.2, 0.25) is 0 Å². The first kappa shape index (κ1) is 13.2. The highest BCUT2D eigenvalue weighted by atomic mass is 16.5. The summed E-state index contributed by atoms with van der Waals surface area (Å²) in [6, 6.07) is 4.66. The second-order valence-corrected chi connectivity index (χ2v) is 4.80. The Morgan fingerprint density at radius 3 is 2.24 bits per heavy atom. The Labute approximate surface area is 100 Å². The van der Waals surface area contributed by atoms with E-state index < -0.39 is 11.8 Å². The molecule has 0 aromatic heterocycles. The van der Waals surface area contributed by atoms with Crippen molar-refractivity contribution >= 4 is 11.8 Å². The summed E-state index contributed by atoms with van der Waals surface area (Å²) < 4.78 is 5.21. The van der Waals surface area contributed by atoms with Crippen molar-refractivity contribution in [2.75, 3.05) is 7.11 Å². The van der Waals surface area contributed by atoms with Crippen LogP contribution in [0.4, 0.5) is 0 Å². The minimum absolute atomic E-state index is 0.170. The number of hydrogen-bond acceptors (Lipinski definition) is 3. The fraction of sp³-hybridized carbons (Fsp3) is 0.385.